The van der Waals surface area contributed by atoms with E-state index < -0.39 is 12.0 Å². The highest BCUT2D eigenvalue weighted by Gasteiger charge is 2.40. The van der Waals surface area contributed by atoms with Gasteiger partial charge in [-0.2, -0.15) is 0 Å². The molecule has 1 aliphatic heterocycles. The number of ether oxygens (including phenoxy) is 1. The summed E-state index contributed by atoms with van der Waals surface area (Å²) in [5, 5.41) is 9.95. The van der Waals surface area contributed by atoms with Crippen LogP contribution in [0.3, 0.4) is 0 Å². The number of rotatable bonds is 4. The van der Waals surface area contributed by atoms with Crippen molar-refractivity contribution in [1.29, 1.82) is 0 Å². The molecular weight excluding hydrogens is 440 g/mol. The Morgan fingerprint density at radius 1 is 1.24 bits per heavy atom. The van der Waals surface area contributed by atoms with Crippen LogP contribution in [-0.4, -0.2) is 60.6 Å². The van der Waals surface area contributed by atoms with Gasteiger partial charge in [-0.25, -0.2) is 4.79 Å². The van der Waals surface area contributed by atoms with Crippen molar-refractivity contribution in [3.8, 4) is 11.8 Å². The first kappa shape index (κ1) is 25.3. The van der Waals surface area contributed by atoms with Gasteiger partial charge in [-0.15, -0.1) is 11.3 Å². The molecule has 1 aliphatic carbocycles. The minimum atomic E-state index is -1.13. The second-order valence-corrected chi connectivity index (χ2v) is 11.2. The fraction of sp³-hybridized carbons (Fsp3) is 0.640. The van der Waals surface area contributed by atoms with Gasteiger partial charge in [-0.05, 0) is 58.4 Å². The molecule has 0 bridgehead atoms. The van der Waals surface area contributed by atoms with E-state index in [2.05, 4.69) is 18.8 Å². The summed E-state index contributed by atoms with van der Waals surface area (Å²) in [5.74, 6) is 4.92. The third-order valence-electron chi connectivity index (χ3n) is 6.15. The third kappa shape index (κ3) is 6.15. The van der Waals surface area contributed by atoms with Gasteiger partial charge in [0, 0.05) is 24.9 Å². The molecule has 8 heteroatoms. The first-order valence-electron chi connectivity index (χ1n) is 11.5. The van der Waals surface area contributed by atoms with E-state index in [0.717, 1.165) is 37.0 Å². The van der Waals surface area contributed by atoms with Crippen LogP contribution < -0.4 is 4.90 Å². The summed E-state index contributed by atoms with van der Waals surface area (Å²) < 4.78 is 5.68. The van der Waals surface area contributed by atoms with E-state index in [-0.39, 0.29) is 40.3 Å². The van der Waals surface area contributed by atoms with Gasteiger partial charge in [0.2, 0.25) is 11.8 Å². The van der Waals surface area contributed by atoms with Crippen LogP contribution in [0, 0.1) is 29.1 Å². The zero-order chi connectivity index (χ0) is 24.3. The average Bonchev–Trinajstić information content (AvgIpc) is 3.10. The smallest absolute Gasteiger partial charge is 0.348 e. The van der Waals surface area contributed by atoms with Crippen LogP contribution in [0.2, 0.25) is 0 Å². The summed E-state index contributed by atoms with van der Waals surface area (Å²) in [5.41, 5.74) is -0.0121. The lowest BCUT2D eigenvalue weighted by Crippen LogP contribution is -2.53. The zero-order valence-electron chi connectivity index (χ0n) is 20.1. The van der Waals surface area contributed by atoms with Crippen LogP contribution in [0.25, 0.3) is 0 Å². The van der Waals surface area contributed by atoms with Crippen molar-refractivity contribution in [2.75, 3.05) is 31.7 Å². The maximum Gasteiger partial charge on any atom is 0.348 e. The molecule has 2 amide bonds. The number of amides is 2. The van der Waals surface area contributed by atoms with Crippen molar-refractivity contribution < 1.29 is 24.2 Å². The molecular formula is C25H34N2O5S. The normalized spacial score (nSPS) is 24.0. The molecule has 2 heterocycles. The number of thiophene rings is 1. The Labute approximate surface area is 200 Å². The topological polar surface area (TPSA) is 87.2 Å². The number of carboxylic acids is 1. The Morgan fingerprint density at radius 3 is 2.52 bits per heavy atom. The van der Waals surface area contributed by atoms with Crippen molar-refractivity contribution >= 4 is 34.8 Å². The molecule has 1 atom stereocenters. The van der Waals surface area contributed by atoms with Crippen LogP contribution in [0.15, 0.2) is 6.07 Å². The van der Waals surface area contributed by atoms with Crippen molar-refractivity contribution in [3.05, 3.63) is 15.8 Å². The van der Waals surface area contributed by atoms with E-state index >= 15 is 0 Å². The van der Waals surface area contributed by atoms with Crippen molar-refractivity contribution in [1.82, 2.24) is 4.90 Å². The van der Waals surface area contributed by atoms with Gasteiger partial charge in [0.15, 0.2) is 0 Å². The standard InChI is InChI=1S/C25H34N2O5S/c1-16-6-8-17(9-7-16)22(28)27(20-15-32-13-12-26(5)23(20)29)19-14-18(10-11-25(2,3)4)33-21(19)24(30)31/h14,16-17,20H,6-9,12-13,15H2,1-5H3,(H,30,31). The molecule has 0 radical (unpaired) electrons. The third-order valence-corrected chi connectivity index (χ3v) is 7.18. The first-order chi connectivity index (χ1) is 15.5. The fourth-order valence-corrected chi connectivity index (χ4v) is 5.03. The summed E-state index contributed by atoms with van der Waals surface area (Å²) in [7, 11) is 1.68. The van der Waals surface area contributed by atoms with Crippen LogP contribution >= 0.6 is 11.3 Å². The maximum absolute atomic E-state index is 13.8. The minimum Gasteiger partial charge on any atom is -0.477 e. The number of hydrogen-bond donors (Lipinski definition) is 1. The van der Waals surface area contributed by atoms with Gasteiger partial charge in [0.05, 0.1) is 23.8 Å². The lowest BCUT2D eigenvalue weighted by Gasteiger charge is -2.35. The van der Waals surface area contributed by atoms with Crippen LogP contribution in [-0.2, 0) is 14.3 Å². The molecule has 0 aromatic carbocycles. The molecule has 1 saturated carbocycles. The predicted molar refractivity (Wildman–Crippen MR) is 128 cm³/mol. The van der Waals surface area contributed by atoms with Gasteiger partial charge in [-0.1, -0.05) is 18.8 Å². The van der Waals surface area contributed by atoms with Crippen LogP contribution in [0.5, 0.6) is 0 Å². The first-order valence-corrected chi connectivity index (χ1v) is 12.4. The number of hydrogen-bond acceptors (Lipinski definition) is 5. The molecule has 1 aromatic rings. The Morgan fingerprint density at radius 2 is 1.91 bits per heavy atom. The monoisotopic (exact) mass is 474 g/mol. The van der Waals surface area contributed by atoms with Gasteiger partial charge >= 0.3 is 5.97 Å². The molecule has 1 N–H and O–H groups in total. The van der Waals surface area contributed by atoms with Crippen LogP contribution in [0.4, 0.5) is 5.69 Å². The van der Waals surface area contributed by atoms with Crippen molar-refractivity contribution in [3.63, 3.8) is 0 Å². The molecule has 1 saturated heterocycles. The summed E-state index contributed by atoms with van der Waals surface area (Å²) in [6, 6.07) is 0.745. The number of carbonyl (C=O) groups is 3. The van der Waals surface area contributed by atoms with Gasteiger partial charge in [0.25, 0.3) is 0 Å². The molecule has 1 aromatic heterocycles. The Kier molecular flexibility index (Phi) is 7.86. The summed E-state index contributed by atoms with van der Waals surface area (Å²) >= 11 is 1.04. The fourth-order valence-electron chi connectivity index (χ4n) is 4.19. The zero-order valence-corrected chi connectivity index (χ0v) is 21.0. The molecule has 33 heavy (non-hydrogen) atoms. The van der Waals surface area contributed by atoms with E-state index in [4.69, 9.17) is 4.74 Å². The highest BCUT2D eigenvalue weighted by molar-refractivity contribution is 7.15. The lowest BCUT2D eigenvalue weighted by molar-refractivity contribution is -0.134. The Bertz CT molecular complexity index is 960. The maximum atomic E-state index is 13.8. The average molecular weight is 475 g/mol. The molecule has 2 fully saturated rings. The van der Waals surface area contributed by atoms with Crippen LogP contribution in [0.1, 0.15) is 67.9 Å². The van der Waals surface area contributed by atoms with E-state index in [1.807, 2.05) is 20.8 Å². The quantitative estimate of drug-likeness (QED) is 0.670. The molecule has 0 spiro atoms. The number of likely N-dealkylation sites (N-methyl/N-ethyl adjacent to an activating group) is 1. The number of anilines is 1. The highest BCUT2D eigenvalue weighted by Crippen LogP contribution is 2.36. The van der Waals surface area contributed by atoms with Crippen molar-refractivity contribution in [2.45, 2.75) is 59.4 Å². The molecule has 2 aliphatic rings. The number of carboxylic acid groups (broad SMARTS) is 1. The minimum absolute atomic E-state index is 0.0189. The molecule has 3 rings (SSSR count). The second-order valence-electron chi connectivity index (χ2n) is 10.1. The molecule has 180 valence electrons. The van der Waals surface area contributed by atoms with E-state index in [9.17, 15) is 19.5 Å². The number of nitrogens with zero attached hydrogens (tertiary/aromatic N) is 2. The van der Waals surface area contributed by atoms with E-state index in [1.165, 1.54) is 4.90 Å². The van der Waals surface area contributed by atoms with E-state index in [1.54, 1.807) is 18.0 Å². The summed E-state index contributed by atoms with van der Waals surface area (Å²) in [6.07, 6.45) is 3.35. The Hall–Kier alpha value is -2.37. The lowest BCUT2D eigenvalue weighted by atomic mass is 9.82. The van der Waals surface area contributed by atoms with Gasteiger partial charge < -0.3 is 14.7 Å². The van der Waals surface area contributed by atoms with Gasteiger partial charge in [-0.3, -0.25) is 14.5 Å². The second kappa shape index (κ2) is 10.3. The van der Waals surface area contributed by atoms with E-state index in [0.29, 0.717) is 23.9 Å². The molecule has 1 unspecified atom stereocenters. The molecule has 7 nitrogen and oxygen atoms in total. The van der Waals surface area contributed by atoms with Crippen molar-refractivity contribution in [2.24, 2.45) is 17.3 Å². The summed E-state index contributed by atoms with van der Waals surface area (Å²) in [6.45, 7) is 8.95. The highest BCUT2D eigenvalue weighted by atomic mass is 32.1. The predicted octanol–water partition coefficient (Wildman–Crippen LogP) is 3.86. The van der Waals surface area contributed by atoms with Gasteiger partial charge in [0.1, 0.15) is 10.9 Å². The summed E-state index contributed by atoms with van der Waals surface area (Å²) in [4.78, 5) is 42.8. The number of aromatic carboxylic acids is 1. The SMILES string of the molecule is CC1CCC(C(=O)N(c2cc(C#CC(C)(C)C)sc2C(=O)O)C2COCCN(C)C2=O)CC1. The largest absolute Gasteiger partial charge is 0.477 e. The number of carbonyl (C=O) groups excluding carboxylic acids is 2. The Balaban J connectivity index is 2.09.